The lowest BCUT2D eigenvalue weighted by Crippen LogP contribution is -2.30. The number of amides is 1. The van der Waals surface area contributed by atoms with Crippen LogP contribution >= 0.6 is 11.8 Å². The first-order valence-electron chi connectivity index (χ1n) is 9.09. The van der Waals surface area contributed by atoms with Crippen molar-refractivity contribution in [2.45, 2.75) is 51.0 Å². The maximum Gasteiger partial charge on any atom is 0.265 e. The van der Waals surface area contributed by atoms with Gasteiger partial charge in [-0.15, -0.1) is 11.8 Å². The molecule has 27 heavy (non-hydrogen) atoms. The van der Waals surface area contributed by atoms with Gasteiger partial charge < -0.3 is 10.1 Å². The molecule has 0 aromatic heterocycles. The van der Waals surface area contributed by atoms with E-state index in [1.807, 2.05) is 36.4 Å². The molecule has 0 saturated carbocycles. The fraction of sp³-hybridized carbons (Fsp3) is 0.364. The van der Waals surface area contributed by atoms with E-state index in [9.17, 15) is 4.79 Å². The van der Waals surface area contributed by atoms with Crippen LogP contribution in [0.4, 0.5) is 5.69 Å². The van der Waals surface area contributed by atoms with Crippen LogP contribution in [0.2, 0.25) is 0 Å². The monoisotopic (exact) mass is 382 g/mol. The molecule has 0 saturated heterocycles. The topological polar surface area (TPSA) is 62.1 Å². The Labute approximate surface area is 165 Å². The molecule has 0 spiro atoms. The van der Waals surface area contributed by atoms with Crippen LogP contribution in [-0.4, -0.2) is 17.8 Å². The number of hydrogen-bond donors (Lipinski definition) is 1. The molecule has 1 atom stereocenters. The van der Waals surface area contributed by atoms with Gasteiger partial charge in [-0.1, -0.05) is 32.0 Å². The fourth-order valence-corrected chi connectivity index (χ4v) is 3.63. The minimum absolute atomic E-state index is 0.200. The van der Waals surface area contributed by atoms with Gasteiger partial charge in [0, 0.05) is 17.1 Å². The Morgan fingerprint density at radius 1 is 1.22 bits per heavy atom. The highest BCUT2D eigenvalue weighted by molar-refractivity contribution is 7.99. The summed E-state index contributed by atoms with van der Waals surface area (Å²) in [6.07, 6.45) is -0.149. The van der Waals surface area contributed by atoms with Gasteiger partial charge in [-0.3, -0.25) is 4.79 Å². The van der Waals surface area contributed by atoms with Crippen LogP contribution in [0.5, 0.6) is 5.75 Å². The first kappa shape index (κ1) is 20.9. The Balaban J connectivity index is 2.02. The highest BCUT2D eigenvalue weighted by atomic mass is 32.2. The van der Waals surface area contributed by atoms with Crippen molar-refractivity contribution in [1.29, 1.82) is 5.26 Å². The quantitative estimate of drug-likeness (QED) is 0.482. The Morgan fingerprint density at radius 3 is 2.63 bits per heavy atom. The number of para-hydroxylation sites is 1. The first-order chi connectivity index (χ1) is 12.9. The van der Waals surface area contributed by atoms with Crippen molar-refractivity contribution in [3.8, 4) is 11.8 Å². The minimum Gasteiger partial charge on any atom is -0.481 e. The number of ether oxygens (including phenoxy) is 1. The number of benzene rings is 2. The van der Waals surface area contributed by atoms with E-state index in [0.29, 0.717) is 23.8 Å². The summed E-state index contributed by atoms with van der Waals surface area (Å²) in [6, 6.07) is 15.7. The van der Waals surface area contributed by atoms with Crippen LogP contribution < -0.4 is 10.1 Å². The summed E-state index contributed by atoms with van der Waals surface area (Å²) in [6.45, 7) is 8.12. The number of hydrogen-bond acceptors (Lipinski definition) is 4. The maximum absolute atomic E-state index is 12.6. The second kappa shape index (κ2) is 10.0. The predicted octanol–water partition coefficient (Wildman–Crippen LogP) is 5.53. The van der Waals surface area contributed by atoms with Gasteiger partial charge in [0.1, 0.15) is 5.75 Å². The second-order valence-electron chi connectivity index (χ2n) is 6.68. The first-order valence-corrected chi connectivity index (χ1v) is 10.1. The molecule has 2 rings (SSSR count). The number of anilines is 1. The molecule has 2 aromatic rings. The summed E-state index contributed by atoms with van der Waals surface area (Å²) < 4.78 is 5.84. The Kier molecular flexibility index (Phi) is 7.75. The van der Waals surface area contributed by atoms with Crippen molar-refractivity contribution in [2.24, 2.45) is 0 Å². The molecule has 1 amide bonds. The number of carbonyl (C=O) groups is 1. The number of nitrogens with zero attached hydrogens (tertiary/aromatic N) is 1. The highest BCUT2D eigenvalue weighted by Crippen LogP contribution is 2.28. The lowest BCUT2D eigenvalue weighted by molar-refractivity contribution is -0.122. The Morgan fingerprint density at radius 2 is 1.96 bits per heavy atom. The average Bonchev–Trinajstić information content (AvgIpc) is 2.63. The zero-order valence-corrected chi connectivity index (χ0v) is 17.1. The average molecular weight is 383 g/mol. The number of carbonyl (C=O) groups excluding carboxylic acids is 1. The summed E-state index contributed by atoms with van der Waals surface area (Å²) in [5.41, 5.74) is 3.18. The molecule has 0 heterocycles. The zero-order chi connectivity index (χ0) is 19.8. The second-order valence-corrected chi connectivity index (χ2v) is 7.81. The molecule has 2 aromatic carbocycles. The molecule has 0 radical (unpaired) electrons. The standard InChI is InChI=1S/C22H26N2O2S/c1-15(2)19-11-10-18(14-16(19)3)26-17(4)22(25)24-20-8-5-6-9-21(20)27-13-7-12-23/h5-6,8-11,14-15,17H,7,13H2,1-4H3,(H,24,25). The molecule has 0 aliphatic heterocycles. The molecule has 1 unspecified atom stereocenters. The summed E-state index contributed by atoms with van der Waals surface area (Å²) >= 11 is 1.56. The predicted molar refractivity (Wildman–Crippen MR) is 111 cm³/mol. The minimum atomic E-state index is -0.619. The smallest absolute Gasteiger partial charge is 0.265 e. The van der Waals surface area contributed by atoms with E-state index in [1.165, 1.54) is 5.56 Å². The van der Waals surface area contributed by atoms with Gasteiger partial charge in [0.25, 0.3) is 5.91 Å². The number of nitrogens with one attached hydrogen (secondary N) is 1. The lowest BCUT2D eigenvalue weighted by Gasteiger charge is -2.18. The summed E-state index contributed by atoms with van der Waals surface area (Å²) in [7, 11) is 0. The van der Waals surface area contributed by atoms with Crippen molar-refractivity contribution in [2.75, 3.05) is 11.1 Å². The number of nitriles is 1. The molecule has 142 valence electrons. The van der Waals surface area contributed by atoms with Gasteiger partial charge in [-0.05, 0) is 55.2 Å². The van der Waals surface area contributed by atoms with Crippen molar-refractivity contribution in [3.05, 3.63) is 53.6 Å². The SMILES string of the molecule is Cc1cc(OC(C)C(=O)Nc2ccccc2SCCC#N)ccc1C(C)C. The van der Waals surface area contributed by atoms with Crippen LogP contribution in [0.25, 0.3) is 0 Å². The van der Waals surface area contributed by atoms with Gasteiger partial charge in [0.15, 0.2) is 6.10 Å². The van der Waals surface area contributed by atoms with Crippen molar-refractivity contribution < 1.29 is 9.53 Å². The van der Waals surface area contributed by atoms with Crippen LogP contribution in [0.15, 0.2) is 47.4 Å². The zero-order valence-electron chi connectivity index (χ0n) is 16.3. The van der Waals surface area contributed by atoms with E-state index in [2.05, 4.69) is 38.2 Å². The van der Waals surface area contributed by atoms with Crippen LogP contribution in [0, 0.1) is 18.3 Å². The van der Waals surface area contributed by atoms with Gasteiger partial charge in [-0.2, -0.15) is 5.26 Å². The normalized spacial score (nSPS) is 11.7. The third kappa shape index (κ3) is 6.04. The van der Waals surface area contributed by atoms with E-state index in [0.717, 1.165) is 16.1 Å². The van der Waals surface area contributed by atoms with Gasteiger partial charge in [-0.25, -0.2) is 0 Å². The molecule has 0 fully saturated rings. The number of rotatable bonds is 8. The van der Waals surface area contributed by atoms with Gasteiger partial charge >= 0.3 is 0 Å². The van der Waals surface area contributed by atoms with Crippen molar-refractivity contribution in [3.63, 3.8) is 0 Å². The molecule has 5 heteroatoms. The van der Waals surface area contributed by atoms with Crippen molar-refractivity contribution in [1.82, 2.24) is 0 Å². The maximum atomic E-state index is 12.6. The third-order valence-corrected chi connectivity index (χ3v) is 5.24. The molecule has 1 N–H and O–H groups in total. The summed E-state index contributed by atoms with van der Waals surface area (Å²) in [4.78, 5) is 13.5. The van der Waals surface area contributed by atoms with Crippen LogP contribution in [-0.2, 0) is 4.79 Å². The highest BCUT2D eigenvalue weighted by Gasteiger charge is 2.17. The van der Waals surface area contributed by atoms with E-state index in [-0.39, 0.29) is 5.91 Å². The largest absolute Gasteiger partial charge is 0.481 e. The van der Waals surface area contributed by atoms with E-state index in [1.54, 1.807) is 18.7 Å². The Bertz CT molecular complexity index is 827. The van der Waals surface area contributed by atoms with E-state index < -0.39 is 6.10 Å². The fourth-order valence-electron chi connectivity index (χ4n) is 2.76. The van der Waals surface area contributed by atoms with Crippen LogP contribution in [0.3, 0.4) is 0 Å². The summed E-state index contributed by atoms with van der Waals surface area (Å²) in [5, 5.41) is 11.6. The van der Waals surface area contributed by atoms with E-state index >= 15 is 0 Å². The van der Waals surface area contributed by atoms with Gasteiger partial charge in [0.05, 0.1) is 11.8 Å². The molecular weight excluding hydrogens is 356 g/mol. The van der Waals surface area contributed by atoms with Crippen molar-refractivity contribution >= 4 is 23.4 Å². The van der Waals surface area contributed by atoms with Gasteiger partial charge in [0.2, 0.25) is 0 Å². The third-order valence-electron chi connectivity index (χ3n) is 4.16. The van der Waals surface area contributed by atoms with E-state index in [4.69, 9.17) is 10.00 Å². The molecule has 0 bridgehead atoms. The summed E-state index contributed by atoms with van der Waals surface area (Å²) in [5.74, 6) is 1.64. The number of thioether (sulfide) groups is 1. The van der Waals surface area contributed by atoms with Crippen LogP contribution in [0.1, 0.15) is 44.2 Å². The number of aryl methyl sites for hydroxylation is 1. The molecule has 4 nitrogen and oxygen atoms in total. The lowest BCUT2D eigenvalue weighted by atomic mass is 9.98. The molecular formula is C22H26N2O2S. The molecule has 0 aliphatic rings. The Hall–Kier alpha value is -2.45. The molecule has 0 aliphatic carbocycles.